The zero-order chi connectivity index (χ0) is 15.9. The zero-order valence-corrected chi connectivity index (χ0v) is 13.7. The second-order valence-electron chi connectivity index (χ2n) is 6.16. The molecule has 3 heterocycles. The number of likely N-dealkylation sites (tertiary alicyclic amines) is 1. The first-order chi connectivity index (χ1) is 10.5. The van der Waals surface area contributed by atoms with Gasteiger partial charge in [-0.2, -0.15) is 5.10 Å². The summed E-state index contributed by atoms with van der Waals surface area (Å²) >= 11 is 0. The van der Waals surface area contributed by atoms with Crippen molar-refractivity contribution in [2.75, 3.05) is 13.1 Å². The molecule has 6 heteroatoms. The van der Waals surface area contributed by atoms with Gasteiger partial charge in [0.2, 0.25) is 0 Å². The van der Waals surface area contributed by atoms with Crippen molar-refractivity contribution >= 4 is 5.91 Å². The van der Waals surface area contributed by atoms with Gasteiger partial charge in [0.15, 0.2) is 0 Å². The fourth-order valence-electron chi connectivity index (χ4n) is 3.44. The number of carbonyl (C=O) groups is 1. The first-order valence-electron chi connectivity index (χ1n) is 7.77. The molecule has 1 atom stereocenters. The quantitative estimate of drug-likeness (QED) is 0.852. The summed E-state index contributed by atoms with van der Waals surface area (Å²) in [6.45, 7) is 7.56. The molecule has 0 aromatic carbocycles. The number of carbonyl (C=O) groups excluding carboxylic acids is 1. The van der Waals surface area contributed by atoms with Gasteiger partial charge < -0.3 is 9.47 Å². The van der Waals surface area contributed by atoms with Crippen molar-refractivity contribution in [3.05, 3.63) is 35.2 Å². The van der Waals surface area contributed by atoms with Crippen molar-refractivity contribution in [3.63, 3.8) is 0 Å². The first kappa shape index (κ1) is 14.8. The molecule has 0 bridgehead atoms. The monoisotopic (exact) mass is 301 g/mol. The van der Waals surface area contributed by atoms with Crippen molar-refractivity contribution in [2.45, 2.75) is 39.7 Å². The second-order valence-corrected chi connectivity index (χ2v) is 6.16. The lowest BCUT2D eigenvalue weighted by molar-refractivity contribution is 0.0666. The van der Waals surface area contributed by atoms with E-state index >= 15 is 0 Å². The van der Waals surface area contributed by atoms with Crippen LogP contribution in [0.15, 0.2) is 12.3 Å². The van der Waals surface area contributed by atoms with Gasteiger partial charge in [-0.25, -0.2) is 4.98 Å². The molecule has 1 saturated heterocycles. The average molecular weight is 301 g/mol. The maximum Gasteiger partial charge on any atom is 0.272 e. The molecular formula is C16H23N5O. The van der Waals surface area contributed by atoms with Crippen LogP contribution in [-0.2, 0) is 7.05 Å². The van der Waals surface area contributed by atoms with Crippen LogP contribution >= 0.6 is 0 Å². The van der Waals surface area contributed by atoms with E-state index in [4.69, 9.17) is 0 Å². The molecule has 6 nitrogen and oxygen atoms in total. The van der Waals surface area contributed by atoms with Crippen LogP contribution in [-0.4, -0.2) is 43.2 Å². The minimum absolute atomic E-state index is 0.0724. The Morgan fingerprint density at radius 2 is 2.09 bits per heavy atom. The lowest BCUT2D eigenvalue weighted by atomic mass is 10.0. The summed E-state index contributed by atoms with van der Waals surface area (Å²) in [5.41, 5.74) is 2.70. The number of amides is 1. The van der Waals surface area contributed by atoms with Gasteiger partial charge in [0.05, 0.1) is 11.7 Å². The molecule has 3 rings (SSSR count). The van der Waals surface area contributed by atoms with Gasteiger partial charge in [0.1, 0.15) is 11.5 Å². The summed E-state index contributed by atoms with van der Waals surface area (Å²) in [4.78, 5) is 19.1. The van der Waals surface area contributed by atoms with Crippen LogP contribution in [0.3, 0.4) is 0 Å². The first-order valence-corrected chi connectivity index (χ1v) is 7.77. The van der Waals surface area contributed by atoms with Gasteiger partial charge in [-0.05, 0) is 39.7 Å². The molecule has 0 spiro atoms. The van der Waals surface area contributed by atoms with Gasteiger partial charge in [0, 0.05) is 32.0 Å². The summed E-state index contributed by atoms with van der Waals surface area (Å²) in [5, 5.41) is 4.28. The highest BCUT2D eigenvalue weighted by Gasteiger charge is 2.28. The molecule has 1 fully saturated rings. The number of imidazole rings is 1. The molecule has 0 aliphatic carbocycles. The minimum atomic E-state index is 0.0724. The van der Waals surface area contributed by atoms with Crippen LogP contribution in [0.1, 0.15) is 46.6 Å². The smallest absolute Gasteiger partial charge is 0.272 e. The van der Waals surface area contributed by atoms with Crippen LogP contribution < -0.4 is 0 Å². The number of aromatic nitrogens is 4. The molecule has 2 aromatic heterocycles. The summed E-state index contributed by atoms with van der Waals surface area (Å²) in [7, 11) is 1.83. The van der Waals surface area contributed by atoms with Crippen LogP contribution in [0, 0.1) is 20.8 Å². The molecule has 118 valence electrons. The van der Waals surface area contributed by atoms with E-state index in [1.165, 1.54) is 0 Å². The number of hydrogen-bond donors (Lipinski definition) is 0. The van der Waals surface area contributed by atoms with Gasteiger partial charge in [-0.15, -0.1) is 0 Å². The fourth-order valence-corrected chi connectivity index (χ4v) is 3.44. The third-order valence-corrected chi connectivity index (χ3v) is 4.44. The molecule has 1 aliphatic rings. The Bertz CT molecular complexity index is 680. The Balaban J connectivity index is 1.81. The Morgan fingerprint density at radius 3 is 2.68 bits per heavy atom. The Morgan fingerprint density at radius 1 is 1.32 bits per heavy atom. The van der Waals surface area contributed by atoms with E-state index in [1.54, 1.807) is 4.68 Å². The summed E-state index contributed by atoms with van der Waals surface area (Å²) in [6.07, 6.45) is 4.01. The summed E-state index contributed by atoms with van der Waals surface area (Å²) < 4.78 is 3.93. The van der Waals surface area contributed by atoms with E-state index in [-0.39, 0.29) is 5.91 Å². The van der Waals surface area contributed by atoms with E-state index in [0.717, 1.165) is 43.1 Å². The van der Waals surface area contributed by atoms with Gasteiger partial charge >= 0.3 is 0 Å². The molecule has 22 heavy (non-hydrogen) atoms. The third kappa shape index (κ3) is 2.53. The van der Waals surface area contributed by atoms with E-state index in [2.05, 4.69) is 21.6 Å². The van der Waals surface area contributed by atoms with Crippen molar-refractivity contribution in [1.82, 2.24) is 24.2 Å². The van der Waals surface area contributed by atoms with Gasteiger partial charge in [0.25, 0.3) is 5.91 Å². The summed E-state index contributed by atoms with van der Waals surface area (Å²) in [6, 6.07) is 2.18. The number of nitrogens with zero attached hydrogens (tertiary/aromatic N) is 5. The van der Waals surface area contributed by atoms with Crippen LogP contribution in [0.5, 0.6) is 0 Å². The molecule has 0 saturated carbocycles. The zero-order valence-electron chi connectivity index (χ0n) is 13.7. The SMILES string of the molecule is Cc1cc(C(=O)N2CCCC(n3c(C)cnc3C)C2)n(C)n1. The van der Waals surface area contributed by atoms with Gasteiger partial charge in [-0.3, -0.25) is 9.48 Å². The predicted octanol–water partition coefficient (Wildman–Crippen LogP) is 2.02. The Labute approximate surface area is 130 Å². The molecule has 1 aliphatic heterocycles. The highest BCUT2D eigenvalue weighted by Crippen LogP contribution is 2.25. The number of rotatable bonds is 2. The molecule has 0 radical (unpaired) electrons. The molecule has 0 N–H and O–H groups in total. The van der Waals surface area contributed by atoms with Crippen LogP contribution in [0.25, 0.3) is 0 Å². The topological polar surface area (TPSA) is 56.0 Å². The maximum absolute atomic E-state index is 12.8. The van der Waals surface area contributed by atoms with E-state index in [9.17, 15) is 4.79 Å². The molecule has 1 unspecified atom stereocenters. The average Bonchev–Trinajstić information content (AvgIpc) is 3.00. The second kappa shape index (κ2) is 5.59. The van der Waals surface area contributed by atoms with Crippen LogP contribution in [0.2, 0.25) is 0 Å². The summed E-state index contributed by atoms with van der Waals surface area (Å²) in [5.74, 6) is 1.09. The standard InChI is InChI=1S/C16H23N5O/c1-11-8-15(19(4)18-11)16(22)20-7-5-6-14(10-20)21-12(2)9-17-13(21)3/h8-9,14H,5-7,10H2,1-4H3. The van der Waals surface area contributed by atoms with Gasteiger partial charge in [-0.1, -0.05) is 0 Å². The van der Waals surface area contributed by atoms with Crippen LogP contribution in [0.4, 0.5) is 0 Å². The highest BCUT2D eigenvalue weighted by molar-refractivity contribution is 5.92. The Kier molecular flexibility index (Phi) is 3.76. The van der Waals surface area contributed by atoms with Crippen molar-refractivity contribution < 1.29 is 4.79 Å². The van der Waals surface area contributed by atoms with E-state index in [1.807, 2.05) is 38.1 Å². The lowest BCUT2D eigenvalue weighted by Crippen LogP contribution is -2.41. The third-order valence-electron chi connectivity index (χ3n) is 4.44. The largest absolute Gasteiger partial charge is 0.335 e. The fraction of sp³-hybridized carbons (Fsp3) is 0.562. The molecule has 2 aromatic rings. The highest BCUT2D eigenvalue weighted by atomic mass is 16.2. The predicted molar refractivity (Wildman–Crippen MR) is 83.8 cm³/mol. The number of hydrogen-bond acceptors (Lipinski definition) is 3. The minimum Gasteiger partial charge on any atom is -0.335 e. The van der Waals surface area contributed by atoms with E-state index in [0.29, 0.717) is 11.7 Å². The molecular weight excluding hydrogens is 278 g/mol. The van der Waals surface area contributed by atoms with E-state index < -0.39 is 0 Å². The lowest BCUT2D eigenvalue weighted by Gasteiger charge is -2.34. The van der Waals surface area contributed by atoms with Crippen molar-refractivity contribution in [2.24, 2.45) is 7.05 Å². The molecule has 1 amide bonds. The number of piperidine rings is 1. The number of aryl methyl sites for hydroxylation is 4. The van der Waals surface area contributed by atoms with Crippen molar-refractivity contribution in [3.8, 4) is 0 Å². The maximum atomic E-state index is 12.8. The Hall–Kier alpha value is -2.11. The van der Waals surface area contributed by atoms with Crippen molar-refractivity contribution in [1.29, 1.82) is 0 Å². The normalized spacial score (nSPS) is 18.7.